The Bertz CT molecular complexity index is 536. The Morgan fingerprint density at radius 1 is 1.43 bits per heavy atom. The number of nitrogens with zero attached hydrogens (tertiary/aromatic N) is 3. The first-order valence-electron chi connectivity index (χ1n) is 6.71. The summed E-state index contributed by atoms with van der Waals surface area (Å²) >= 11 is 0. The highest BCUT2D eigenvalue weighted by molar-refractivity contribution is 5.20. The zero-order chi connectivity index (χ0) is 15.5. The molecule has 1 atom stereocenters. The average Bonchev–Trinajstić information content (AvgIpc) is 2.41. The number of halogens is 4. The molecule has 0 saturated carbocycles. The van der Waals surface area contributed by atoms with E-state index < -0.39 is 17.7 Å². The predicted molar refractivity (Wildman–Crippen MR) is 67.4 cm³/mol. The van der Waals surface area contributed by atoms with Gasteiger partial charge in [-0.25, -0.2) is 9.37 Å². The van der Waals surface area contributed by atoms with Crippen LogP contribution in [-0.4, -0.2) is 23.0 Å². The lowest BCUT2D eigenvalue weighted by Gasteiger charge is -2.31. The highest BCUT2D eigenvalue weighted by atomic mass is 19.4. The maximum Gasteiger partial charge on any atom is 0.433 e. The Balaban J connectivity index is 2.10. The summed E-state index contributed by atoms with van der Waals surface area (Å²) < 4.78 is 51.5. The quantitative estimate of drug-likeness (QED) is 0.804. The molecule has 1 aromatic rings. The standard InChI is InChI=1S/C14H15F4N3/c15-12-7-20-13(14(16,17)18)6-11(12)9-21-5-1-2-10(8-21)3-4-19/h6-7,10H,1-3,5,8-9H2. The zero-order valence-electron chi connectivity index (χ0n) is 11.3. The van der Waals surface area contributed by atoms with Crippen molar-refractivity contribution in [1.29, 1.82) is 5.26 Å². The smallest absolute Gasteiger partial charge is 0.299 e. The summed E-state index contributed by atoms with van der Waals surface area (Å²) in [5.74, 6) is -0.527. The normalized spacial score (nSPS) is 20.2. The molecule has 1 unspecified atom stereocenters. The van der Waals surface area contributed by atoms with E-state index in [4.69, 9.17) is 5.26 Å². The van der Waals surface area contributed by atoms with E-state index in [-0.39, 0.29) is 18.0 Å². The van der Waals surface area contributed by atoms with Gasteiger partial charge in [0.1, 0.15) is 11.5 Å². The minimum atomic E-state index is -4.58. The molecular formula is C14H15F4N3. The van der Waals surface area contributed by atoms with Crippen LogP contribution in [0.5, 0.6) is 0 Å². The number of piperidine rings is 1. The summed E-state index contributed by atoms with van der Waals surface area (Å²) in [6.07, 6.45) is -1.74. The molecule has 0 aromatic carbocycles. The van der Waals surface area contributed by atoms with Crippen LogP contribution < -0.4 is 0 Å². The fraction of sp³-hybridized carbons (Fsp3) is 0.571. The molecular weight excluding hydrogens is 286 g/mol. The molecule has 0 spiro atoms. The van der Waals surface area contributed by atoms with Crippen LogP contribution in [0.4, 0.5) is 17.6 Å². The fourth-order valence-corrected chi connectivity index (χ4v) is 2.59. The lowest BCUT2D eigenvalue weighted by molar-refractivity contribution is -0.141. The molecule has 2 rings (SSSR count). The van der Waals surface area contributed by atoms with Crippen LogP contribution >= 0.6 is 0 Å². The molecule has 0 amide bonds. The van der Waals surface area contributed by atoms with E-state index >= 15 is 0 Å². The third kappa shape index (κ3) is 4.14. The Hall–Kier alpha value is -1.68. The topological polar surface area (TPSA) is 39.9 Å². The summed E-state index contributed by atoms with van der Waals surface area (Å²) in [7, 11) is 0. The van der Waals surface area contributed by atoms with Crippen LogP contribution in [0.25, 0.3) is 0 Å². The van der Waals surface area contributed by atoms with Crippen molar-refractivity contribution in [2.75, 3.05) is 13.1 Å². The number of hydrogen-bond acceptors (Lipinski definition) is 3. The third-order valence-electron chi connectivity index (χ3n) is 3.60. The van der Waals surface area contributed by atoms with Crippen molar-refractivity contribution in [3.05, 3.63) is 29.3 Å². The van der Waals surface area contributed by atoms with Crippen LogP contribution in [0.2, 0.25) is 0 Å². The maximum atomic E-state index is 13.6. The van der Waals surface area contributed by atoms with Gasteiger partial charge in [-0.2, -0.15) is 18.4 Å². The highest BCUT2D eigenvalue weighted by Crippen LogP contribution is 2.29. The second-order valence-corrected chi connectivity index (χ2v) is 5.26. The van der Waals surface area contributed by atoms with Gasteiger partial charge in [0.05, 0.1) is 12.3 Å². The first-order valence-corrected chi connectivity index (χ1v) is 6.71. The lowest BCUT2D eigenvalue weighted by Crippen LogP contribution is -2.35. The van der Waals surface area contributed by atoms with Crippen LogP contribution in [0, 0.1) is 23.1 Å². The Kier molecular flexibility index (Phi) is 4.78. The molecule has 0 aliphatic carbocycles. The van der Waals surface area contributed by atoms with E-state index in [2.05, 4.69) is 11.1 Å². The number of nitriles is 1. The van der Waals surface area contributed by atoms with Crippen molar-refractivity contribution in [2.45, 2.75) is 32.0 Å². The number of aromatic nitrogens is 1. The van der Waals surface area contributed by atoms with Crippen molar-refractivity contribution in [3.63, 3.8) is 0 Å². The van der Waals surface area contributed by atoms with E-state index in [1.807, 2.05) is 4.90 Å². The molecule has 3 nitrogen and oxygen atoms in total. The molecule has 1 aliphatic heterocycles. The largest absolute Gasteiger partial charge is 0.433 e. The van der Waals surface area contributed by atoms with Crippen molar-refractivity contribution < 1.29 is 17.6 Å². The second-order valence-electron chi connectivity index (χ2n) is 5.26. The summed E-state index contributed by atoms with van der Waals surface area (Å²) in [5, 5.41) is 8.70. The van der Waals surface area contributed by atoms with Gasteiger partial charge >= 0.3 is 6.18 Å². The van der Waals surface area contributed by atoms with E-state index in [0.29, 0.717) is 25.7 Å². The van der Waals surface area contributed by atoms with Crippen molar-refractivity contribution >= 4 is 0 Å². The van der Waals surface area contributed by atoms with Gasteiger partial charge in [-0.05, 0) is 31.4 Å². The van der Waals surface area contributed by atoms with Crippen LogP contribution in [-0.2, 0) is 12.7 Å². The molecule has 0 radical (unpaired) electrons. The Labute approximate surface area is 120 Å². The lowest BCUT2D eigenvalue weighted by atomic mass is 9.95. The molecule has 1 aromatic heterocycles. The van der Waals surface area contributed by atoms with Gasteiger partial charge in [-0.1, -0.05) is 0 Å². The monoisotopic (exact) mass is 301 g/mol. The van der Waals surface area contributed by atoms with Crippen molar-refractivity contribution in [1.82, 2.24) is 9.88 Å². The third-order valence-corrected chi connectivity index (χ3v) is 3.60. The first kappa shape index (κ1) is 15.7. The molecule has 7 heteroatoms. The second kappa shape index (κ2) is 6.39. The summed E-state index contributed by atoms with van der Waals surface area (Å²) in [4.78, 5) is 4.98. The van der Waals surface area contributed by atoms with Gasteiger partial charge in [-0.3, -0.25) is 4.90 Å². The predicted octanol–water partition coefficient (Wildman–Crippen LogP) is 3.37. The number of likely N-dealkylation sites (tertiary alicyclic amines) is 1. The van der Waals surface area contributed by atoms with Crippen LogP contribution in [0.3, 0.4) is 0 Å². The zero-order valence-corrected chi connectivity index (χ0v) is 11.3. The minimum absolute atomic E-state index is 0.00469. The van der Waals surface area contributed by atoms with Gasteiger partial charge in [0.2, 0.25) is 0 Å². The fourth-order valence-electron chi connectivity index (χ4n) is 2.59. The Morgan fingerprint density at radius 3 is 2.86 bits per heavy atom. The summed E-state index contributed by atoms with van der Waals surface area (Å²) in [5.41, 5.74) is -1.08. The van der Waals surface area contributed by atoms with Gasteiger partial charge in [-0.15, -0.1) is 0 Å². The molecule has 2 heterocycles. The molecule has 21 heavy (non-hydrogen) atoms. The molecule has 0 N–H and O–H groups in total. The van der Waals surface area contributed by atoms with E-state index in [0.717, 1.165) is 18.9 Å². The van der Waals surface area contributed by atoms with Gasteiger partial charge < -0.3 is 0 Å². The molecule has 114 valence electrons. The summed E-state index contributed by atoms with van der Waals surface area (Å²) in [6.45, 7) is 1.42. The number of pyridine rings is 1. The molecule has 1 aliphatic rings. The number of rotatable bonds is 3. The van der Waals surface area contributed by atoms with Crippen LogP contribution in [0.1, 0.15) is 30.5 Å². The Morgan fingerprint density at radius 2 is 2.19 bits per heavy atom. The number of alkyl halides is 3. The maximum absolute atomic E-state index is 13.6. The van der Waals surface area contributed by atoms with Crippen molar-refractivity contribution in [2.24, 2.45) is 5.92 Å². The van der Waals surface area contributed by atoms with Gasteiger partial charge in [0.15, 0.2) is 0 Å². The molecule has 0 bridgehead atoms. The first-order chi connectivity index (χ1) is 9.90. The average molecular weight is 301 g/mol. The van der Waals surface area contributed by atoms with Gasteiger partial charge in [0, 0.05) is 25.1 Å². The van der Waals surface area contributed by atoms with E-state index in [1.54, 1.807) is 0 Å². The SMILES string of the molecule is N#CCC1CCCN(Cc2cc(C(F)(F)F)ncc2F)C1. The van der Waals surface area contributed by atoms with Crippen LogP contribution in [0.15, 0.2) is 12.3 Å². The molecule has 1 fully saturated rings. The van der Waals surface area contributed by atoms with Crippen molar-refractivity contribution in [3.8, 4) is 6.07 Å². The highest BCUT2D eigenvalue weighted by Gasteiger charge is 2.33. The van der Waals surface area contributed by atoms with Gasteiger partial charge in [0.25, 0.3) is 0 Å². The summed E-state index contributed by atoms with van der Waals surface area (Å²) in [6, 6.07) is 2.87. The number of hydrogen-bond donors (Lipinski definition) is 0. The molecule has 1 saturated heterocycles. The van der Waals surface area contributed by atoms with E-state index in [1.165, 1.54) is 0 Å². The minimum Gasteiger partial charge on any atom is -0.299 e. The van der Waals surface area contributed by atoms with E-state index in [9.17, 15) is 17.6 Å².